The molecule has 5 heterocycles. The summed E-state index contributed by atoms with van der Waals surface area (Å²) in [6, 6.07) is 28.9. The molecule has 6 aromatic rings. The minimum Gasteiger partial charge on any atom is -0.481 e. The number of alkyl halides is 4. The normalized spacial score (nSPS) is 16.4. The molecule has 0 aliphatic carbocycles. The quantitative estimate of drug-likeness (QED) is 0.0469. The number of nitrogens with zero attached hydrogens (tertiary/aromatic N) is 6. The molecular weight excluding hydrogens is 1090 g/mol. The number of hydrogen-bond acceptors (Lipinski definition) is 14. The molecule has 79 heavy (non-hydrogen) atoms. The molecule has 0 bridgehead atoms. The van der Waals surface area contributed by atoms with E-state index in [1.165, 1.54) is 35.4 Å². The molecule has 4 aromatic carbocycles. The highest BCUT2D eigenvalue weighted by atomic mass is 79.9. The van der Waals surface area contributed by atoms with E-state index in [1.54, 1.807) is 49.1 Å². The summed E-state index contributed by atoms with van der Waals surface area (Å²) in [5, 5.41) is 24.5. The third-order valence-electron chi connectivity index (χ3n) is 14.0. The number of carbonyl (C=O) groups is 2. The zero-order valence-corrected chi connectivity index (χ0v) is 45.4. The van der Waals surface area contributed by atoms with Gasteiger partial charge in [0, 0.05) is 54.8 Å². The Morgan fingerprint density at radius 1 is 0.608 bits per heavy atom. The van der Waals surface area contributed by atoms with E-state index in [1.807, 2.05) is 52.0 Å². The minimum atomic E-state index is -2.85. The molecule has 4 N–H and O–H groups in total. The summed E-state index contributed by atoms with van der Waals surface area (Å²) in [4.78, 5) is 43.8. The Morgan fingerprint density at radius 3 is 1.34 bits per heavy atom. The molecule has 0 spiro atoms. The van der Waals surface area contributed by atoms with Gasteiger partial charge >= 0.3 is 32.3 Å². The van der Waals surface area contributed by atoms with E-state index in [9.17, 15) is 27.2 Å². The number of likely N-dealkylation sites (tertiary alicyclic amines) is 2. The third kappa shape index (κ3) is 19.0. The monoisotopic (exact) mass is 1160 g/mol. The van der Waals surface area contributed by atoms with Crippen molar-refractivity contribution >= 4 is 63.7 Å². The lowest BCUT2D eigenvalue weighted by Crippen LogP contribution is -2.41. The van der Waals surface area contributed by atoms with Crippen LogP contribution in [0.25, 0.3) is 11.1 Å². The van der Waals surface area contributed by atoms with Gasteiger partial charge in [0.2, 0.25) is 11.9 Å². The molecule has 9 rings (SSSR count). The van der Waals surface area contributed by atoms with Crippen molar-refractivity contribution in [3.8, 4) is 22.6 Å². The maximum Gasteiger partial charge on any atom is 0.494 e. The van der Waals surface area contributed by atoms with Crippen molar-refractivity contribution in [2.75, 3.05) is 49.9 Å². The van der Waals surface area contributed by atoms with Gasteiger partial charge in [0.25, 0.3) is 0 Å². The summed E-state index contributed by atoms with van der Waals surface area (Å²) in [5.41, 5.74) is 5.79. The van der Waals surface area contributed by atoms with Gasteiger partial charge in [-0.2, -0.15) is 17.6 Å². The first kappa shape index (κ1) is 61.5. The maximum atomic E-state index is 12.3. The second-order valence-electron chi connectivity index (χ2n) is 20.0. The molecule has 3 saturated heterocycles. The van der Waals surface area contributed by atoms with Crippen molar-refractivity contribution in [1.82, 2.24) is 29.7 Å². The molecule has 22 heteroatoms. The lowest BCUT2D eigenvalue weighted by Gasteiger charge is -2.32. The summed E-state index contributed by atoms with van der Waals surface area (Å²) >= 11 is 3.31. The van der Waals surface area contributed by atoms with Crippen LogP contribution in [0.1, 0.15) is 71.9 Å². The van der Waals surface area contributed by atoms with Crippen LogP contribution in [0.15, 0.2) is 126 Å². The van der Waals surface area contributed by atoms with Crippen molar-refractivity contribution in [3.63, 3.8) is 0 Å². The van der Waals surface area contributed by atoms with Crippen LogP contribution < -0.4 is 25.6 Å². The van der Waals surface area contributed by atoms with Crippen LogP contribution in [0.5, 0.6) is 11.5 Å². The molecule has 422 valence electrons. The number of halogens is 5. The summed E-state index contributed by atoms with van der Waals surface area (Å²) in [6.45, 7) is 7.46. The Morgan fingerprint density at radius 2 is 0.975 bits per heavy atom. The highest BCUT2D eigenvalue weighted by Crippen LogP contribution is 2.36. The van der Waals surface area contributed by atoms with Crippen molar-refractivity contribution in [2.24, 2.45) is 11.8 Å². The fraction of sp³-hybridized carbons (Fsp3) is 0.404. The van der Waals surface area contributed by atoms with Gasteiger partial charge in [-0.3, -0.25) is 9.59 Å². The van der Waals surface area contributed by atoms with E-state index in [0.717, 1.165) is 110 Å². The van der Waals surface area contributed by atoms with Gasteiger partial charge in [-0.15, -0.1) is 0 Å². The summed E-state index contributed by atoms with van der Waals surface area (Å²) < 4.78 is 69.9. The Balaban J connectivity index is 0.000000199. The Bertz CT molecular complexity index is 2800. The van der Waals surface area contributed by atoms with Gasteiger partial charge in [0.05, 0.1) is 27.5 Å². The van der Waals surface area contributed by atoms with Crippen LogP contribution in [-0.4, -0.2) is 123 Å². The molecule has 0 atom stereocenters. The highest BCUT2D eigenvalue weighted by molar-refractivity contribution is 9.10. The number of carboxylic acids is 2. The predicted molar refractivity (Wildman–Crippen MR) is 300 cm³/mol. The SMILES string of the molecule is C.CC1(C)OB(c2ccc(OC(F)F)cc2)OC1(C)C.O=C(O)C1CCN(CCc2ccc(Nc3ncc(-c4ccc(OC(F)F)cc4)cn3)cc2)CC1.O=C(O)C1CCN(CCc2ccc(Nc3ncc(Br)cn3)cc2)CC1. The van der Waals surface area contributed by atoms with Gasteiger partial charge in [0.15, 0.2) is 0 Å². The molecule has 0 radical (unpaired) electrons. The fourth-order valence-corrected chi connectivity index (χ4v) is 8.89. The van der Waals surface area contributed by atoms with E-state index in [4.69, 9.17) is 19.5 Å². The minimum absolute atomic E-state index is 0. The second kappa shape index (κ2) is 29.0. The van der Waals surface area contributed by atoms with E-state index >= 15 is 0 Å². The van der Waals surface area contributed by atoms with Crippen molar-refractivity contribution < 1.29 is 56.1 Å². The lowest BCUT2D eigenvalue weighted by molar-refractivity contribution is -0.144. The van der Waals surface area contributed by atoms with Crippen LogP contribution in [0.2, 0.25) is 0 Å². The van der Waals surface area contributed by atoms with Crippen LogP contribution in [0.4, 0.5) is 40.8 Å². The third-order valence-corrected chi connectivity index (χ3v) is 14.5. The maximum absolute atomic E-state index is 12.3. The van der Waals surface area contributed by atoms with Crippen molar-refractivity contribution in [1.29, 1.82) is 0 Å². The fourth-order valence-electron chi connectivity index (χ4n) is 8.68. The van der Waals surface area contributed by atoms with E-state index < -0.39 is 43.5 Å². The van der Waals surface area contributed by atoms with Gasteiger partial charge in [-0.05, 0) is 179 Å². The number of hydrogen-bond donors (Lipinski definition) is 4. The average Bonchev–Trinajstić information content (AvgIpc) is 3.74. The number of ether oxygens (including phenoxy) is 2. The molecular formula is C57H68BBrF4N8O8. The zero-order chi connectivity index (χ0) is 55.8. The summed E-state index contributed by atoms with van der Waals surface area (Å²) in [7, 11) is -0.495. The number of nitrogens with one attached hydrogen (secondary N) is 2. The summed E-state index contributed by atoms with van der Waals surface area (Å²) in [5.74, 6) is -0.462. The number of rotatable bonds is 18. The lowest BCUT2D eigenvalue weighted by atomic mass is 9.79. The van der Waals surface area contributed by atoms with Gasteiger partial charge in [-0.25, -0.2) is 19.9 Å². The molecule has 0 unspecified atom stereocenters. The van der Waals surface area contributed by atoms with E-state index in [2.05, 4.69) is 90.0 Å². The van der Waals surface area contributed by atoms with Gasteiger partial charge in [0.1, 0.15) is 11.5 Å². The molecule has 2 aromatic heterocycles. The van der Waals surface area contributed by atoms with Gasteiger partial charge in [-0.1, -0.05) is 56.0 Å². The van der Waals surface area contributed by atoms with Crippen molar-refractivity contribution in [3.05, 3.63) is 137 Å². The van der Waals surface area contributed by atoms with Crippen LogP contribution in [0, 0.1) is 11.8 Å². The number of aromatic nitrogens is 4. The molecule has 16 nitrogen and oxygen atoms in total. The first-order valence-electron chi connectivity index (χ1n) is 25.6. The molecule has 0 amide bonds. The van der Waals surface area contributed by atoms with Crippen LogP contribution in [0.3, 0.4) is 0 Å². The second-order valence-corrected chi connectivity index (χ2v) is 20.9. The molecule has 3 aliphatic rings. The molecule has 3 fully saturated rings. The van der Waals surface area contributed by atoms with E-state index in [-0.39, 0.29) is 30.8 Å². The number of aliphatic carboxylic acids is 2. The van der Waals surface area contributed by atoms with E-state index in [0.29, 0.717) is 11.9 Å². The standard InChI is InChI=1S/C25H26F2N4O3.C18H21BrN4O2.C13H17BF2O3.CH4/c26-24(27)34-22-7-3-18(4-8-22)20-15-28-25(29-16-20)30-21-5-1-17(2-6-21)9-12-31-13-10-19(11-14-31)23(32)33;19-15-11-20-18(21-12-15)22-16-3-1-13(2-4-16)5-8-23-9-6-14(7-10-23)17(24)25;1-12(2)13(3,4)19-14(18-12)9-5-7-10(8-6-9)17-11(15)16;/h1-8,15-16,19,24H,9-14H2,(H,32,33)(H,28,29,30);1-4,11-12,14H,5-10H2,(H,24,25)(H,20,21,22);5-8,11H,1-4H3;1H4. The Kier molecular flexibility index (Phi) is 22.5. The topological polar surface area (TPSA) is 194 Å². The number of benzene rings is 4. The molecule has 3 aliphatic heterocycles. The van der Waals surface area contributed by atoms with Crippen molar-refractivity contribution in [2.45, 2.75) is 98.1 Å². The van der Waals surface area contributed by atoms with Gasteiger partial charge < -0.3 is 49.4 Å². The number of anilines is 4. The Labute approximate surface area is 467 Å². The first-order valence-corrected chi connectivity index (χ1v) is 26.4. The summed E-state index contributed by atoms with van der Waals surface area (Å²) in [6.07, 6.45) is 11.6. The smallest absolute Gasteiger partial charge is 0.481 e. The predicted octanol–water partition coefficient (Wildman–Crippen LogP) is 11.4. The molecule has 0 saturated carbocycles. The average molecular weight is 1160 g/mol. The zero-order valence-electron chi connectivity index (χ0n) is 43.8. The number of carboxylic acid groups (broad SMARTS) is 2. The van der Waals surface area contributed by atoms with Crippen LogP contribution >= 0.6 is 15.9 Å². The van der Waals surface area contributed by atoms with Crippen LogP contribution in [-0.2, 0) is 31.7 Å². The Hall–Kier alpha value is -6.72. The highest BCUT2D eigenvalue weighted by Gasteiger charge is 2.51. The largest absolute Gasteiger partial charge is 0.494 e. The number of piperidine rings is 2. The first-order chi connectivity index (χ1) is 37.3.